The van der Waals surface area contributed by atoms with E-state index in [2.05, 4.69) is 27.4 Å². The Hall–Kier alpha value is 0.1000. The number of halogens is 1. The predicted molar refractivity (Wildman–Crippen MR) is 86.0 cm³/mol. The molecule has 20 heavy (non-hydrogen) atoms. The lowest BCUT2D eigenvalue weighted by atomic mass is 9.86. The number of aliphatic hydroxyl groups is 1. The van der Waals surface area contributed by atoms with E-state index in [0.717, 1.165) is 43.0 Å². The normalized spacial score (nSPS) is 38.2. The summed E-state index contributed by atoms with van der Waals surface area (Å²) in [5.41, 5.74) is -0.161. The van der Waals surface area contributed by atoms with Gasteiger partial charge < -0.3 is 19.4 Å². The second-order valence-corrected chi connectivity index (χ2v) is 6.81. The summed E-state index contributed by atoms with van der Waals surface area (Å²) in [5, 5.41) is 8.96. The first-order chi connectivity index (χ1) is 9.63. The molecular formula is C15H24INO3. The zero-order chi connectivity index (χ0) is 14.6. The molecule has 0 aliphatic carbocycles. The molecule has 5 heteroatoms. The van der Waals surface area contributed by atoms with E-state index in [4.69, 9.17) is 21.2 Å². The topological polar surface area (TPSA) is 43.0 Å². The second kappa shape index (κ2) is 7.39. The quantitative estimate of drug-likeness (QED) is 0.429. The molecular weight excluding hydrogens is 369 g/mol. The van der Waals surface area contributed by atoms with Crippen molar-refractivity contribution in [2.24, 2.45) is 0 Å². The predicted octanol–water partition coefficient (Wildman–Crippen LogP) is 2.97. The molecule has 2 heterocycles. The highest BCUT2D eigenvalue weighted by molar-refractivity contribution is 14.1. The Bertz CT molecular complexity index is 360. The number of rotatable bonds is 6. The van der Waals surface area contributed by atoms with Crippen molar-refractivity contribution in [2.75, 3.05) is 11.0 Å². The zero-order valence-electron chi connectivity index (χ0n) is 12.1. The van der Waals surface area contributed by atoms with Gasteiger partial charge in [0, 0.05) is 30.8 Å². The van der Waals surface area contributed by atoms with Gasteiger partial charge >= 0.3 is 0 Å². The van der Waals surface area contributed by atoms with Gasteiger partial charge in [-0.1, -0.05) is 22.6 Å². The van der Waals surface area contributed by atoms with E-state index in [1.165, 1.54) is 0 Å². The third kappa shape index (κ3) is 3.65. The van der Waals surface area contributed by atoms with Gasteiger partial charge in [0.05, 0.1) is 18.3 Å². The van der Waals surface area contributed by atoms with Crippen LogP contribution in [-0.2, 0) is 9.47 Å². The third-order valence-electron chi connectivity index (χ3n) is 4.40. The van der Waals surface area contributed by atoms with Gasteiger partial charge in [0.2, 0.25) is 6.04 Å². The summed E-state index contributed by atoms with van der Waals surface area (Å²) in [5.74, 6) is 0. The summed E-state index contributed by atoms with van der Waals surface area (Å²) in [6, 6.07) is 0.0373. The number of ether oxygens (including phenoxy) is 2. The standard InChI is InChI=1S/C15H24INO3/c1-11(17-2)8-12-5-6-14-15(10-16,20-12)9-13(19-14)4-3-7-18/h11-14,18H,3-10H2,1H3/t11-,12-,13+,14+,15-/m1/s1. The maximum Gasteiger partial charge on any atom is 0.223 e. The van der Waals surface area contributed by atoms with Crippen LogP contribution in [0.25, 0.3) is 4.85 Å². The Morgan fingerprint density at radius 1 is 1.45 bits per heavy atom. The van der Waals surface area contributed by atoms with Crippen molar-refractivity contribution in [1.29, 1.82) is 0 Å². The van der Waals surface area contributed by atoms with Crippen molar-refractivity contribution in [2.45, 2.75) is 75.4 Å². The van der Waals surface area contributed by atoms with Crippen molar-refractivity contribution in [3.05, 3.63) is 11.4 Å². The maximum atomic E-state index is 8.96. The molecule has 4 nitrogen and oxygen atoms in total. The van der Waals surface area contributed by atoms with Crippen LogP contribution in [0.5, 0.6) is 0 Å². The van der Waals surface area contributed by atoms with Crippen molar-refractivity contribution >= 4 is 22.6 Å². The van der Waals surface area contributed by atoms with Gasteiger partial charge in [-0.3, -0.25) is 0 Å². The molecule has 0 spiro atoms. The Labute approximate surface area is 135 Å². The van der Waals surface area contributed by atoms with Crippen molar-refractivity contribution in [3.8, 4) is 0 Å². The average Bonchev–Trinajstić information content (AvgIpc) is 2.83. The number of nitrogens with zero attached hydrogens (tertiary/aromatic N) is 1. The molecule has 114 valence electrons. The Balaban J connectivity index is 1.96. The van der Waals surface area contributed by atoms with Gasteiger partial charge in [0.1, 0.15) is 5.60 Å². The van der Waals surface area contributed by atoms with Crippen LogP contribution in [0.3, 0.4) is 0 Å². The minimum absolute atomic E-state index is 0.0373. The molecule has 5 atom stereocenters. The largest absolute Gasteiger partial charge is 0.396 e. The molecule has 2 aliphatic heterocycles. The van der Waals surface area contributed by atoms with Crippen LogP contribution in [0.2, 0.25) is 0 Å². The zero-order valence-corrected chi connectivity index (χ0v) is 14.2. The van der Waals surface area contributed by atoms with E-state index in [1.54, 1.807) is 0 Å². The Morgan fingerprint density at radius 2 is 2.25 bits per heavy atom. The maximum absolute atomic E-state index is 8.96. The molecule has 0 saturated carbocycles. The molecule has 0 bridgehead atoms. The highest BCUT2D eigenvalue weighted by Gasteiger charge is 2.52. The van der Waals surface area contributed by atoms with E-state index in [9.17, 15) is 0 Å². The lowest BCUT2D eigenvalue weighted by Gasteiger charge is -2.41. The van der Waals surface area contributed by atoms with E-state index in [0.29, 0.717) is 0 Å². The second-order valence-electron chi connectivity index (χ2n) is 6.05. The number of hydrogen-bond donors (Lipinski definition) is 1. The van der Waals surface area contributed by atoms with Gasteiger partial charge in [-0.15, -0.1) is 0 Å². The molecule has 0 radical (unpaired) electrons. The molecule has 1 N–H and O–H groups in total. The van der Waals surface area contributed by atoms with Crippen LogP contribution < -0.4 is 0 Å². The number of fused-ring (bicyclic) bond motifs is 1. The molecule has 0 aromatic rings. The van der Waals surface area contributed by atoms with Crippen LogP contribution in [0.15, 0.2) is 0 Å². The highest BCUT2D eigenvalue weighted by atomic mass is 127. The van der Waals surface area contributed by atoms with Crippen molar-refractivity contribution in [3.63, 3.8) is 0 Å². The Kier molecular flexibility index (Phi) is 6.09. The fourth-order valence-corrected chi connectivity index (χ4v) is 4.35. The van der Waals surface area contributed by atoms with Crippen molar-refractivity contribution in [1.82, 2.24) is 0 Å². The fraction of sp³-hybridized carbons (Fsp3) is 0.933. The summed E-state index contributed by atoms with van der Waals surface area (Å²) >= 11 is 2.40. The first-order valence-corrected chi connectivity index (χ1v) is 9.02. The van der Waals surface area contributed by atoms with E-state index >= 15 is 0 Å². The summed E-state index contributed by atoms with van der Waals surface area (Å²) in [4.78, 5) is 3.58. The molecule has 2 saturated heterocycles. The first kappa shape index (κ1) is 16.5. The minimum atomic E-state index is -0.161. The fourth-order valence-electron chi connectivity index (χ4n) is 3.36. The van der Waals surface area contributed by atoms with Gasteiger partial charge in [-0.25, -0.2) is 6.57 Å². The van der Waals surface area contributed by atoms with Crippen LogP contribution in [-0.4, -0.2) is 46.1 Å². The van der Waals surface area contributed by atoms with E-state index in [-0.39, 0.29) is 36.6 Å². The van der Waals surface area contributed by atoms with Crippen LogP contribution in [0, 0.1) is 6.57 Å². The molecule has 0 aromatic heterocycles. The monoisotopic (exact) mass is 393 g/mol. The summed E-state index contributed by atoms with van der Waals surface area (Å²) < 4.78 is 13.5. The van der Waals surface area contributed by atoms with Gasteiger partial charge in [0.15, 0.2) is 0 Å². The highest BCUT2D eigenvalue weighted by Crippen LogP contribution is 2.44. The average molecular weight is 393 g/mol. The number of aliphatic hydroxyl groups excluding tert-OH is 1. The Morgan fingerprint density at radius 3 is 2.90 bits per heavy atom. The van der Waals surface area contributed by atoms with Crippen LogP contribution in [0.4, 0.5) is 0 Å². The smallest absolute Gasteiger partial charge is 0.223 e. The van der Waals surface area contributed by atoms with E-state index in [1.807, 2.05) is 6.92 Å². The summed E-state index contributed by atoms with van der Waals surface area (Å²) in [6.07, 6.45) is 6.13. The number of hydrogen-bond acceptors (Lipinski definition) is 3. The van der Waals surface area contributed by atoms with Crippen molar-refractivity contribution < 1.29 is 14.6 Å². The lowest BCUT2D eigenvalue weighted by Crippen LogP contribution is -2.50. The van der Waals surface area contributed by atoms with Gasteiger partial charge in [0.25, 0.3) is 0 Å². The number of alkyl halides is 1. The molecule has 0 unspecified atom stereocenters. The molecule has 0 aromatic carbocycles. The molecule has 2 aliphatic rings. The summed E-state index contributed by atoms with van der Waals surface area (Å²) in [6.45, 7) is 9.29. The molecule has 2 fully saturated rings. The summed E-state index contributed by atoms with van der Waals surface area (Å²) in [7, 11) is 0. The lowest BCUT2D eigenvalue weighted by molar-refractivity contribution is -0.153. The van der Waals surface area contributed by atoms with Gasteiger partial charge in [-0.2, -0.15) is 0 Å². The SMILES string of the molecule is [C-]#[N+][C@H](C)C[C@H]1CC[C@@H]2O[C@@H](CCCO)C[C@]2(CI)O1. The molecule has 2 rings (SSSR count). The third-order valence-corrected chi connectivity index (χ3v) is 5.69. The minimum Gasteiger partial charge on any atom is -0.396 e. The van der Waals surface area contributed by atoms with Crippen LogP contribution >= 0.6 is 22.6 Å². The van der Waals surface area contributed by atoms with Gasteiger partial charge in [-0.05, 0) is 25.7 Å². The van der Waals surface area contributed by atoms with Crippen LogP contribution in [0.1, 0.15) is 45.4 Å². The first-order valence-electron chi connectivity index (χ1n) is 7.50. The van der Waals surface area contributed by atoms with E-state index < -0.39 is 0 Å². The molecule has 0 amide bonds.